The largest absolute Gasteiger partial charge is 0.378 e. The van der Waals surface area contributed by atoms with Gasteiger partial charge in [-0.1, -0.05) is 17.7 Å². The van der Waals surface area contributed by atoms with E-state index < -0.39 is 10.0 Å². The molecule has 2 aliphatic heterocycles. The van der Waals surface area contributed by atoms with E-state index in [1.165, 1.54) is 10.4 Å². The van der Waals surface area contributed by atoms with E-state index in [1.54, 1.807) is 18.2 Å². The molecular formula is C16H21ClN2O4S. The van der Waals surface area contributed by atoms with Gasteiger partial charge in [-0.2, -0.15) is 4.31 Å². The third-order valence-corrected chi connectivity index (χ3v) is 6.69. The van der Waals surface area contributed by atoms with Crippen LogP contribution >= 0.6 is 11.6 Å². The van der Waals surface area contributed by atoms with Crippen LogP contribution in [0.1, 0.15) is 12.8 Å². The van der Waals surface area contributed by atoms with Gasteiger partial charge in [0.05, 0.1) is 18.1 Å². The molecule has 0 aliphatic carbocycles. The number of morpholine rings is 1. The van der Waals surface area contributed by atoms with Gasteiger partial charge in [-0.15, -0.1) is 0 Å². The molecule has 0 atom stereocenters. The number of hydrogen-bond acceptors (Lipinski definition) is 4. The smallest absolute Gasteiger partial charge is 0.243 e. The first-order chi connectivity index (χ1) is 11.5. The molecule has 2 fully saturated rings. The van der Waals surface area contributed by atoms with Gasteiger partial charge in [0.1, 0.15) is 0 Å². The minimum Gasteiger partial charge on any atom is -0.378 e. The van der Waals surface area contributed by atoms with Gasteiger partial charge >= 0.3 is 0 Å². The third-order valence-electron chi connectivity index (χ3n) is 4.56. The second kappa shape index (κ2) is 7.39. The maximum Gasteiger partial charge on any atom is 0.243 e. The van der Waals surface area contributed by atoms with Crippen LogP contribution in [0, 0.1) is 5.92 Å². The van der Waals surface area contributed by atoms with Gasteiger partial charge in [0.25, 0.3) is 0 Å². The first-order valence-corrected chi connectivity index (χ1v) is 9.92. The van der Waals surface area contributed by atoms with Gasteiger partial charge in [0.2, 0.25) is 15.9 Å². The molecule has 0 aromatic heterocycles. The van der Waals surface area contributed by atoms with Crippen molar-refractivity contribution in [2.45, 2.75) is 17.7 Å². The molecule has 24 heavy (non-hydrogen) atoms. The summed E-state index contributed by atoms with van der Waals surface area (Å²) in [7, 11) is -3.55. The molecule has 0 N–H and O–H groups in total. The van der Waals surface area contributed by atoms with Gasteiger partial charge in [0.15, 0.2) is 0 Å². The van der Waals surface area contributed by atoms with Gasteiger partial charge in [0, 0.05) is 37.1 Å². The zero-order valence-electron chi connectivity index (χ0n) is 13.4. The van der Waals surface area contributed by atoms with E-state index in [-0.39, 0.29) is 16.7 Å². The Morgan fingerprint density at radius 2 is 1.79 bits per heavy atom. The lowest BCUT2D eigenvalue weighted by atomic mass is 9.96. The number of sulfonamides is 1. The van der Waals surface area contributed by atoms with Crippen molar-refractivity contribution in [1.82, 2.24) is 9.21 Å². The normalized spacial score (nSPS) is 21.0. The summed E-state index contributed by atoms with van der Waals surface area (Å²) >= 11 is 5.90. The van der Waals surface area contributed by atoms with Crippen molar-refractivity contribution in [2.24, 2.45) is 5.92 Å². The first kappa shape index (κ1) is 17.7. The monoisotopic (exact) mass is 372 g/mol. The fourth-order valence-corrected chi connectivity index (χ4v) is 4.93. The third kappa shape index (κ3) is 3.74. The maximum atomic E-state index is 12.7. The van der Waals surface area contributed by atoms with Crippen molar-refractivity contribution in [3.05, 3.63) is 29.3 Å². The van der Waals surface area contributed by atoms with E-state index in [2.05, 4.69) is 0 Å². The van der Waals surface area contributed by atoms with Gasteiger partial charge in [-0.05, 0) is 31.0 Å². The minimum atomic E-state index is -3.55. The fraction of sp³-hybridized carbons (Fsp3) is 0.562. The summed E-state index contributed by atoms with van der Waals surface area (Å²) in [5.74, 6) is 0.0204. The molecule has 0 unspecified atom stereocenters. The van der Waals surface area contributed by atoms with Crippen LogP contribution in [0.25, 0.3) is 0 Å². The van der Waals surface area contributed by atoms with Gasteiger partial charge in [-0.25, -0.2) is 8.42 Å². The summed E-state index contributed by atoms with van der Waals surface area (Å²) in [6.07, 6.45) is 1.10. The van der Waals surface area contributed by atoms with E-state index in [0.717, 1.165) is 0 Å². The molecule has 8 heteroatoms. The molecule has 2 heterocycles. The van der Waals surface area contributed by atoms with Crippen LogP contribution in [-0.2, 0) is 19.6 Å². The summed E-state index contributed by atoms with van der Waals surface area (Å²) in [6.45, 7) is 3.12. The lowest BCUT2D eigenvalue weighted by molar-refractivity contribution is -0.140. The van der Waals surface area contributed by atoms with Crippen molar-refractivity contribution in [2.75, 3.05) is 39.4 Å². The molecule has 0 radical (unpaired) electrons. The van der Waals surface area contributed by atoms with Crippen LogP contribution in [0.4, 0.5) is 0 Å². The lowest BCUT2D eigenvalue weighted by Gasteiger charge is -2.35. The molecule has 2 aliphatic rings. The van der Waals surface area contributed by atoms with E-state index in [9.17, 15) is 13.2 Å². The molecule has 0 spiro atoms. The summed E-state index contributed by atoms with van der Waals surface area (Å²) in [4.78, 5) is 14.5. The minimum absolute atomic E-state index is 0.103. The number of benzene rings is 1. The number of carbonyl (C=O) groups is 1. The average molecular weight is 373 g/mol. The number of piperidine rings is 1. The average Bonchev–Trinajstić information content (AvgIpc) is 2.62. The molecular weight excluding hydrogens is 352 g/mol. The van der Waals surface area contributed by atoms with E-state index in [1.807, 2.05) is 4.90 Å². The molecule has 6 nitrogen and oxygen atoms in total. The predicted molar refractivity (Wildman–Crippen MR) is 90.3 cm³/mol. The van der Waals surface area contributed by atoms with Crippen molar-refractivity contribution in [3.63, 3.8) is 0 Å². The molecule has 1 amide bonds. The second-order valence-electron chi connectivity index (χ2n) is 6.07. The van der Waals surface area contributed by atoms with Crippen molar-refractivity contribution in [1.29, 1.82) is 0 Å². The van der Waals surface area contributed by atoms with E-state index in [0.29, 0.717) is 57.3 Å². The van der Waals surface area contributed by atoms with Crippen LogP contribution in [0.15, 0.2) is 29.2 Å². The maximum absolute atomic E-state index is 12.7. The van der Waals surface area contributed by atoms with Crippen LogP contribution in [-0.4, -0.2) is 62.9 Å². The molecule has 132 valence electrons. The molecule has 1 aromatic carbocycles. The Bertz CT molecular complexity index is 696. The van der Waals surface area contributed by atoms with Crippen molar-refractivity contribution < 1.29 is 17.9 Å². The number of carbonyl (C=O) groups excluding carboxylic acids is 1. The molecule has 1 aromatic rings. The highest BCUT2D eigenvalue weighted by Gasteiger charge is 2.34. The number of nitrogens with zero attached hydrogens (tertiary/aromatic N) is 2. The van der Waals surface area contributed by atoms with E-state index >= 15 is 0 Å². The Balaban J connectivity index is 1.63. The Morgan fingerprint density at radius 3 is 2.42 bits per heavy atom. The van der Waals surface area contributed by atoms with Crippen LogP contribution in [0.5, 0.6) is 0 Å². The molecule has 0 bridgehead atoms. The Labute approximate surface area is 147 Å². The highest BCUT2D eigenvalue weighted by molar-refractivity contribution is 7.89. The first-order valence-electron chi connectivity index (χ1n) is 8.11. The number of hydrogen-bond donors (Lipinski definition) is 0. The number of amides is 1. The van der Waals surface area contributed by atoms with E-state index in [4.69, 9.17) is 16.3 Å². The van der Waals surface area contributed by atoms with Crippen molar-refractivity contribution in [3.8, 4) is 0 Å². The van der Waals surface area contributed by atoms with Crippen LogP contribution in [0.2, 0.25) is 5.02 Å². The highest BCUT2D eigenvalue weighted by atomic mass is 35.5. The summed E-state index contributed by atoms with van der Waals surface area (Å²) < 4.78 is 32.1. The summed E-state index contributed by atoms with van der Waals surface area (Å²) in [5, 5.41) is 0.397. The SMILES string of the molecule is O=C(C1CCN(S(=O)(=O)c2cccc(Cl)c2)CC1)N1CCOCC1. The molecule has 0 saturated carbocycles. The summed E-state index contributed by atoms with van der Waals surface area (Å²) in [6, 6.07) is 6.28. The molecule has 3 rings (SSSR count). The zero-order chi connectivity index (χ0) is 17.2. The number of halogens is 1. The molecule has 2 saturated heterocycles. The number of ether oxygens (including phenoxy) is 1. The lowest BCUT2D eigenvalue weighted by Crippen LogP contribution is -2.47. The Morgan fingerprint density at radius 1 is 1.12 bits per heavy atom. The topological polar surface area (TPSA) is 66.9 Å². The fourth-order valence-electron chi connectivity index (χ4n) is 3.16. The standard InChI is InChI=1S/C16H21ClN2O4S/c17-14-2-1-3-15(12-14)24(21,22)19-6-4-13(5-7-19)16(20)18-8-10-23-11-9-18/h1-3,12-13H,4-11H2. The number of rotatable bonds is 3. The van der Waals surface area contributed by atoms with Crippen LogP contribution in [0.3, 0.4) is 0 Å². The van der Waals surface area contributed by atoms with Gasteiger partial charge < -0.3 is 9.64 Å². The second-order valence-corrected chi connectivity index (χ2v) is 8.45. The quantitative estimate of drug-likeness (QED) is 0.808. The predicted octanol–water partition coefficient (Wildman–Crippen LogP) is 1.60. The van der Waals surface area contributed by atoms with Crippen molar-refractivity contribution >= 4 is 27.5 Å². The Hall–Kier alpha value is -1.15. The Kier molecular flexibility index (Phi) is 5.44. The highest BCUT2D eigenvalue weighted by Crippen LogP contribution is 2.26. The van der Waals surface area contributed by atoms with Gasteiger partial charge in [-0.3, -0.25) is 4.79 Å². The van der Waals surface area contributed by atoms with Crippen LogP contribution < -0.4 is 0 Å². The summed E-state index contributed by atoms with van der Waals surface area (Å²) in [5.41, 5.74) is 0. The zero-order valence-corrected chi connectivity index (χ0v) is 14.9.